The number of carbonyl (C=O) groups excluding carboxylic acids is 2. The smallest absolute Gasteiger partial charge is 0.274 e. The van der Waals surface area contributed by atoms with Gasteiger partial charge in [0.05, 0.1) is 12.6 Å². The van der Waals surface area contributed by atoms with Crippen molar-refractivity contribution in [3.63, 3.8) is 0 Å². The highest BCUT2D eigenvalue weighted by atomic mass is 16.5. The van der Waals surface area contributed by atoms with E-state index in [4.69, 9.17) is 4.74 Å². The summed E-state index contributed by atoms with van der Waals surface area (Å²) in [7, 11) is 1.61. The number of methoxy groups -OCH3 is 1. The number of amides is 2. The molecule has 0 unspecified atom stereocenters. The molecular weight excluding hydrogens is 342 g/mol. The van der Waals surface area contributed by atoms with E-state index in [9.17, 15) is 9.59 Å². The predicted molar refractivity (Wildman–Crippen MR) is 103 cm³/mol. The van der Waals surface area contributed by atoms with Crippen molar-refractivity contribution in [2.24, 2.45) is 0 Å². The van der Waals surface area contributed by atoms with Gasteiger partial charge in [0.15, 0.2) is 0 Å². The molecule has 27 heavy (non-hydrogen) atoms. The third-order valence-electron chi connectivity index (χ3n) is 4.45. The quantitative estimate of drug-likeness (QED) is 0.730. The van der Waals surface area contributed by atoms with Crippen LogP contribution < -0.4 is 15.4 Å². The van der Waals surface area contributed by atoms with Gasteiger partial charge in [-0.25, -0.2) is 4.98 Å². The lowest BCUT2D eigenvalue weighted by molar-refractivity contribution is 0.0950. The molecule has 1 aliphatic carbocycles. The Bertz CT molecular complexity index is 1010. The van der Waals surface area contributed by atoms with E-state index in [1.807, 2.05) is 24.3 Å². The zero-order valence-electron chi connectivity index (χ0n) is 14.9. The van der Waals surface area contributed by atoms with Crippen LogP contribution in [0.2, 0.25) is 0 Å². The lowest BCUT2D eigenvalue weighted by Gasteiger charge is -2.08. The van der Waals surface area contributed by atoms with E-state index in [1.54, 1.807) is 37.4 Å². The molecule has 4 rings (SSSR count). The van der Waals surface area contributed by atoms with Crippen LogP contribution >= 0.6 is 0 Å². The van der Waals surface area contributed by atoms with Gasteiger partial charge in [-0.15, -0.1) is 0 Å². The first kappa shape index (κ1) is 17.0. The molecule has 1 fully saturated rings. The van der Waals surface area contributed by atoms with E-state index < -0.39 is 0 Å². The van der Waals surface area contributed by atoms with Crippen LogP contribution in [0.1, 0.15) is 33.7 Å². The first-order valence-electron chi connectivity index (χ1n) is 8.79. The summed E-state index contributed by atoms with van der Waals surface area (Å²) in [6.07, 6.45) is 2.09. The van der Waals surface area contributed by atoms with Crippen molar-refractivity contribution in [2.75, 3.05) is 12.4 Å². The summed E-state index contributed by atoms with van der Waals surface area (Å²) in [5, 5.41) is 6.64. The zero-order valence-corrected chi connectivity index (χ0v) is 14.9. The van der Waals surface area contributed by atoms with Crippen molar-refractivity contribution < 1.29 is 14.3 Å². The van der Waals surface area contributed by atoms with Crippen LogP contribution in [0.4, 0.5) is 5.69 Å². The molecule has 1 aliphatic rings. The normalized spacial score (nSPS) is 13.2. The average Bonchev–Trinajstić information content (AvgIpc) is 3.51. The first-order chi connectivity index (χ1) is 13.1. The van der Waals surface area contributed by atoms with E-state index in [-0.39, 0.29) is 11.8 Å². The molecular formula is C21H19N3O3. The fourth-order valence-electron chi connectivity index (χ4n) is 2.75. The van der Waals surface area contributed by atoms with E-state index in [0.29, 0.717) is 23.0 Å². The van der Waals surface area contributed by atoms with Gasteiger partial charge in [0.1, 0.15) is 11.4 Å². The lowest BCUT2D eigenvalue weighted by Crippen LogP contribution is -2.25. The molecule has 3 aromatic rings. The average molecular weight is 361 g/mol. The minimum atomic E-state index is -0.303. The summed E-state index contributed by atoms with van der Waals surface area (Å²) in [4.78, 5) is 28.9. The van der Waals surface area contributed by atoms with Crippen LogP contribution in [0.5, 0.6) is 5.75 Å². The Balaban J connectivity index is 1.46. The Hall–Kier alpha value is -3.41. The van der Waals surface area contributed by atoms with Crippen LogP contribution in [0.3, 0.4) is 0 Å². The molecule has 0 aliphatic heterocycles. The molecule has 1 heterocycles. The fourth-order valence-corrected chi connectivity index (χ4v) is 2.75. The van der Waals surface area contributed by atoms with Gasteiger partial charge >= 0.3 is 0 Å². The van der Waals surface area contributed by atoms with Crippen LogP contribution in [-0.2, 0) is 0 Å². The number of carbonyl (C=O) groups is 2. The van der Waals surface area contributed by atoms with Gasteiger partial charge in [-0.3, -0.25) is 9.59 Å². The molecule has 6 heteroatoms. The minimum absolute atomic E-state index is 0.0815. The van der Waals surface area contributed by atoms with Gasteiger partial charge in [0.25, 0.3) is 11.8 Å². The standard InChI is InChI=1S/C21H19N3O3/c1-27-17-9-11-18-14(12-17)4-10-19(24-18)21(26)23-15-5-2-13(3-6-15)20(25)22-16-7-8-16/h2-6,9-12,16H,7-8H2,1H3,(H,22,25)(H,23,26). The summed E-state index contributed by atoms with van der Waals surface area (Å²) < 4.78 is 5.19. The molecule has 1 aromatic heterocycles. The number of nitrogens with zero attached hydrogens (tertiary/aromatic N) is 1. The summed E-state index contributed by atoms with van der Waals surface area (Å²) >= 11 is 0. The molecule has 0 atom stereocenters. The number of aromatic nitrogens is 1. The van der Waals surface area contributed by atoms with Crippen molar-refractivity contribution in [2.45, 2.75) is 18.9 Å². The highest BCUT2D eigenvalue weighted by Gasteiger charge is 2.23. The maximum absolute atomic E-state index is 12.5. The summed E-state index contributed by atoms with van der Waals surface area (Å²) in [5.41, 5.74) is 2.23. The maximum atomic E-state index is 12.5. The second kappa shape index (κ2) is 7.07. The van der Waals surface area contributed by atoms with E-state index >= 15 is 0 Å². The Morgan fingerprint density at radius 1 is 1.00 bits per heavy atom. The van der Waals surface area contributed by atoms with Crippen LogP contribution in [-0.4, -0.2) is 29.9 Å². The molecule has 0 saturated heterocycles. The zero-order chi connectivity index (χ0) is 18.8. The van der Waals surface area contributed by atoms with Gasteiger partial charge in [-0.1, -0.05) is 6.07 Å². The van der Waals surface area contributed by atoms with Crippen LogP contribution in [0.15, 0.2) is 54.6 Å². The second-order valence-electron chi connectivity index (χ2n) is 6.53. The SMILES string of the molecule is COc1ccc2nc(C(=O)Nc3ccc(C(=O)NC4CC4)cc3)ccc2c1. The summed E-state index contributed by atoms with van der Waals surface area (Å²) in [6, 6.07) is 16.2. The maximum Gasteiger partial charge on any atom is 0.274 e. The predicted octanol–water partition coefficient (Wildman–Crippen LogP) is 3.39. The number of anilines is 1. The Kier molecular flexibility index (Phi) is 4.46. The van der Waals surface area contributed by atoms with Crippen LogP contribution in [0, 0.1) is 0 Å². The lowest BCUT2D eigenvalue weighted by atomic mass is 10.1. The van der Waals surface area contributed by atoms with Crippen LogP contribution in [0.25, 0.3) is 10.9 Å². The second-order valence-corrected chi connectivity index (χ2v) is 6.53. The first-order valence-corrected chi connectivity index (χ1v) is 8.79. The van der Waals surface area contributed by atoms with Crippen molar-refractivity contribution in [3.05, 3.63) is 65.9 Å². The van der Waals surface area contributed by atoms with Gasteiger partial charge in [-0.05, 0) is 61.4 Å². The molecule has 2 N–H and O–H groups in total. The van der Waals surface area contributed by atoms with E-state index in [2.05, 4.69) is 15.6 Å². The molecule has 0 radical (unpaired) electrons. The van der Waals surface area contributed by atoms with Gasteiger partial charge in [-0.2, -0.15) is 0 Å². The third kappa shape index (κ3) is 3.89. The van der Waals surface area contributed by atoms with Gasteiger partial charge in [0, 0.05) is 22.7 Å². The van der Waals surface area contributed by atoms with Crippen molar-refractivity contribution in [1.82, 2.24) is 10.3 Å². The molecule has 2 aromatic carbocycles. The molecule has 0 bridgehead atoms. The highest BCUT2D eigenvalue weighted by Crippen LogP contribution is 2.21. The molecule has 1 saturated carbocycles. The molecule has 136 valence electrons. The monoisotopic (exact) mass is 361 g/mol. The number of hydrogen-bond acceptors (Lipinski definition) is 4. The number of fused-ring (bicyclic) bond motifs is 1. The van der Waals surface area contributed by atoms with Gasteiger partial charge in [0.2, 0.25) is 0 Å². The number of ether oxygens (including phenoxy) is 1. The topological polar surface area (TPSA) is 80.3 Å². The number of hydrogen-bond donors (Lipinski definition) is 2. The Labute approximate surface area is 156 Å². The van der Waals surface area contributed by atoms with Crippen molar-refractivity contribution in [1.29, 1.82) is 0 Å². The largest absolute Gasteiger partial charge is 0.497 e. The Morgan fingerprint density at radius 3 is 2.48 bits per heavy atom. The van der Waals surface area contributed by atoms with E-state index in [1.165, 1.54) is 0 Å². The molecule has 6 nitrogen and oxygen atoms in total. The Morgan fingerprint density at radius 2 is 1.78 bits per heavy atom. The number of pyridine rings is 1. The fraction of sp³-hybridized carbons (Fsp3) is 0.190. The van der Waals surface area contributed by atoms with Crippen molar-refractivity contribution in [3.8, 4) is 5.75 Å². The highest BCUT2D eigenvalue weighted by molar-refractivity contribution is 6.04. The van der Waals surface area contributed by atoms with Crippen molar-refractivity contribution >= 4 is 28.4 Å². The number of rotatable bonds is 5. The summed E-state index contributed by atoms with van der Waals surface area (Å²) in [5.74, 6) is 0.359. The number of nitrogens with one attached hydrogen (secondary N) is 2. The van der Waals surface area contributed by atoms with E-state index in [0.717, 1.165) is 29.5 Å². The number of benzene rings is 2. The molecule has 2 amide bonds. The summed E-state index contributed by atoms with van der Waals surface area (Å²) in [6.45, 7) is 0. The third-order valence-corrected chi connectivity index (χ3v) is 4.45. The minimum Gasteiger partial charge on any atom is -0.497 e. The molecule has 0 spiro atoms. The van der Waals surface area contributed by atoms with Gasteiger partial charge < -0.3 is 15.4 Å².